The molecule has 158 valence electrons. The maximum atomic E-state index is 13.0. The van der Waals surface area contributed by atoms with Crippen molar-refractivity contribution >= 4 is 29.7 Å². The fourth-order valence-electron chi connectivity index (χ4n) is 3.64. The summed E-state index contributed by atoms with van der Waals surface area (Å²) in [6.07, 6.45) is 1.47. The molecule has 2 fully saturated rings. The van der Waals surface area contributed by atoms with Gasteiger partial charge in [0.25, 0.3) is 5.91 Å². The van der Waals surface area contributed by atoms with Gasteiger partial charge in [0.15, 0.2) is 0 Å². The number of nitrogens with one attached hydrogen (secondary N) is 1. The van der Waals surface area contributed by atoms with Crippen molar-refractivity contribution in [3.63, 3.8) is 0 Å². The molecule has 1 aromatic heterocycles. The number of piperidine rings is 1. The number of ether oxygens (including phenoxy) is 1. The van der Waals surface area contributed by atoms with Crippen molar-refractivity contribution in [2.75, 3.05) is 44.4 Å². The van der Waals surface area contributed by atoms with Gasteiger partial charge < -0.3 is 19.9 Å². The molecule has 3 amide bonds. The van der Waals surface area contributed by atoms with Gasteiger partial charge >= 0.3 is 12.0 Å². The Balaban J connectivity index is 1.61. The monoisotopic (exact) mass is 420 g/mol. The van der Waals surface area contributed by atoms with Crippen molar-refractivity contribution in [1.29, 1.82) is 0 Å². The lowest BCUT2D eigenvalue weighted by Gasteiger charge is -2.32. The molecule has 2 aliphatic heterocycles. The lowest BCUT2D eigenvalue weighted by atomic mass is 9.90. The first-order chi connectivity index (χ1) is 14.0. The third kappa shape index (κ3) is 5.41. The number of pyridine rings is 1. The molecule has 0 spiro atoms. The summed E-state index contributed by atoms with van der Waals surface area (Å²) in [6, 6.07) is 3.51. The highest BCUT2D eigenvalue weighted by molar-refractivity contribution is 7.99. The average molecular weight is 421 g/mol. The van der Waals surface area contributed by atoms with Crippen LogP contribution in [-0.2, 0) is 9.53 Å². The number of hydrogen-bond donors (Lipinski definition) is 1. The standard InChI is InChI=1S/C20H28N4O4S/c1-3-28-17(25)12-21-20(27)23-8-6-15(7-9-23)18-16(5-4-14(2)22-18)19(26)24-10-11-29-13-24/h4-5,15H,3,6-13H2,1-2H3,(H,21,27). The Hall–Kier alpha value is -2.29. The summed E-state index contributed by atoms with van der Waals surface area (Å²) in [7, 11) is 0. The van der Waals surface area contributed by atoms with Crippen molar-refractivity contribution in [3.05, 3.63) is 29.1 Å². The SMILES string of the molecule is CCOC(=O)CNC(=O)N1CCC(c2nc(C)ccc2C(=O)N2CCSC2)CC1. The number of hydrogen-bond acceptors (Lipinski definition) is 6. The predicted octanol–water partition coefficient (Wildman–Crippen LogP) is 1.99. The minimum absolute atomic E-state index is 0.0482. The number of amides is 3. The van der Waals surface area contributed by atoms with E-state index >= 15 is 0 Å². The quantitative estimate of drug-likeness (QED) is 0.733. The Kier molecular flexibility index (Phi) is 7.35. The van der Waals surface area contributed by atoms with E-state index in [4.69, 9.17) is 9.72 Å². The maximum absolute atomic E-state index is 13.0. The zero-order valence-corrected chi connectivity index (χ0v) is 17.8. The smallest absolute Gasteiger partial charge is 0.325 e. The number of aryl methyl sites for hydroxylation is 1. The van der Waals surface area contributed by atoms with Gasteiger partial charge in [-0.05, 0) is 38.8 Å². The average Bonchev–Trinajstić information content (AvgIpc) is 3.27. The van der Waals surface area contributed by atoms with Gasteiger partial charge in [0, 0.05) is 37.0 Å². The molecule has 1 N–H and O–H groups in total. The van der Waals surface area contributed by atoms with E-state index in [-0.39, 0.29) is 24.4 Å². The van der Waals surface area contributed by atoms with Crippen LogP contribution < -0.4 is 5.32 Å². The van der Waals surface area contributed by atoms with Gasteiger partial charge in [-0.1, -0.05) is 0 Å². The summed E-state index contributed by atoms with van der Waals surface area (Å²) >= 11 is 1.76. The van der Waals surface area contributed by atoms with Crippen LogP contribution in [0.15, 0.2) is 12.1 Å². The Morgan fingerprint density at radius 1 is 1.21 bits per heavy atom. The fraction of sp³-hybridized carbons (Fsp3) is 0.600. The largest absolute Gasteiger partial charge is 0.465 e. The molecule has 1 aromatic rings. The lowest BCUT2D eigenvalue weighted by Crippen LogP contribution is -2.46. The minimum Gasteiger partial charge on any atom is -0.465 e. The topological polar surface area (TPSA) is 91.8 Å². The molecule has 29 heavy (non-hydrogen) atoms. The van der Waals surface area contributed by atoms with E-state index in [1.165, 1.54) is 0 Å². The van der Waals surface area contributed by atoms with Crippen molar-refractivity contribution < 1.29 is 19.1 Å². The van der Waals surface area contributed by atoms with E-state index < -0.39 is 5.97 Å². The van der Waals surface area contributed by atoms with Gasteiger partial charge in [-0.2, -0.15) is 0 Å². The van der Waals surface area contributed by atoms with E-state index in [1.807, 2.05) is 24.0 Å². The van der Waals surface area contributed by atoms with Crippen LogP contribution in [0.25, 0.3) is 0 Å². The number of rotatable bonds is 5. The van der Waals surface area contributed by atoms with E-state index in [0.29, 0.717) is 25.3 Å². The van der Waals surface area contributed by atoms with Gasteiger partial charge in [0.1, 0.15) is 6.54 Å². The lowest BCUT2D eigenvalue weighted by molar-refractivity contribution is -0.141. The summed E-state index contributed by atoms with van der Waals surface area (Å²) in [4.78, 5) is 44.9. The molecule has 0 saturated carbocycles. The van der Waals surface area contributed by atoms with Crippen LogP contribution in [0.5, 0.6) is 0 Å². The van der Waals surface area contributed by atoms with Gasteiger partial charge in [-0.3, -0.25) is 14.6 Å². The molecule has 8 nitrogen and oxygen atoms in total. The number of thioether (sulfide) groups is 1. The first kappa shape index (κ1) is 21.4. The normalized spacial score (nSPS) is 17.3. The first-order valence-corrected chi connectivity index (χ1v) is 11.2. The Bertz CT molecular complexity index is 759. The third-order valence-corrected chi connectivity index (χ3v) is 6.16. The van der Waals surface area contributed by atoms with Crippen molar-refractivity contribution in [3.8, 4) is 0 Å². The maximum Gasteiger partial charge on any atom is 0.325 e. The van der Waals surface area contributed by atoms with Gasteiger partial charge in [0.05, 0.1) is 23.7 Å². The van der Waals surface area contributed by atoms with Crippen LogP contribution in [0.2, 0.25) is 0 Å². The number of carbonyl (C=O) groups is 3. The third-order valence-electron chi connectivity index (χ3n) is 5.19. The summed E-state index contributed by atoms with van der Waals surface area (Å²) in [5.74, 6) is 1.44. The van der Waals surface area contributed by atoms with Crippen LogP contribution in [0.1, 0.15) is 47.4 Å². The second-order valence-corrected chi connectivity index (χ2v) is 8.29. The molecule has 0 bridgehead atoms. The number of nitrogens with zero attached hydrogens (tertiary/aromatic N) is 3. The van der Waals surface area contributed by atoms with Crippen LogP contribution in [0.3, 0.4) is 0 Å². The highest BCUT2D eigenvalue weighted by Crippen LogP contribution is 2.30. The van der Waals surface area contributed by atoms with E-state index in [1.54, 1.807) is 23.6 Å². The second kappa shape index (κ2) is 9.96. The summed E-state index contributed by atoms with van der Waals surface area (Å²) in [5.41, 5.74) is 2.42. The number of esters is 1. The van der Waals surface area contributed by atoms with Crippen LogP contribution in [0, 0.1) is 6.92 Å². The molecule has 0 radical (unpaired) electrons. The summed E-state index contributed by atoms with van der Waals surface area (Å²) in [6.45, 7) is 5.71. The summed E-state index contributed by atoms with van der Waals surface area (Å²) < 4.78 is 4.83. The Morgan fingerprint density at radius 3 is 2.62 bits per heavy atom. The Morgan fingerprint density at radius 2 is 1.97 bits per heavy atom. The molecule has 2 aliphatic rings. The zero-order chi connectivity index (χ0) is 20.8. The van der Waals surface area contributed by atoms with Crippen molar-refractivity contribution in [1.82, 2.24) is 20.1 Å². The molecular formula is C20H28N4O4S. The predicted molar refractivity (Wildman–Crippen MR) is 111 cm³/mol. The number of likely N-dealkylation sites (tertiary alicyclic amines) is 1. The van der Waals surface area contributed by atoms with Crippen molar-refractivity contribution in [2.24, 2.45) is 0 Å². The molecule has 0 unspecified atom stereocenters. The molecule has 3 rings (SSSR count). The van der Waals surface area contributed by atoms with Gasteiger partial charge in [0.2, 0.25) is 0 Å². The molecule has 0 atom stereocenters. The van der Waals surface area contributed by atoms with Gasteiger partial charge in [-0.25, -0.2) is 4.79 Å². The fourth-order valence-corrected chi connectivity index (χ4v) is 4.59. The molecule has 0 aliphatic carbocycles. The van der Waals surface area contributed by atoms with E-state index in [9.17, 15) is 14.4 Å². The van der Waals surface area contributed by atoms with Crippen LogP contribution in [-0.4, -0.2) is 77.1 Å². The molecule has 0 aromatic carbocycles. The molecule has 9 heteroatoms. The molecular weight excluding hydrogens is 392 g/mol. The highest BCUT2D eigenvalue weighted by atomic mass is 32.2. The number of urea groups is 1. The highest BCUT2D eigenvalue weighted by Gasteiger charge is 2.30. The van der Waals surface area contributed by atoms with Crippen LogP contribution >= 0.6 is 11.8 Å². The summed E-state index contributed by atoms with van der Waals surface area (Å²) in [5, 5.41) is 2.60. The molecule has 3 heterocycles. The number of aromatic nitrogens is 1. The van der Waals surface area contributed by atoms with Crippen LogP contribution in [0.4, 0.5) is 4.79 Å². The van der Waals surface area contributed by atoms with Gasteiger partial charge in [-0.15, -0.1) is 11.8 Å². The number of carbonyl (C=O) groups excluding carboxylic acids is 3. The van der Waals surface area contributed by atoms with E-state index in [0.717, 1.165) is 42.4 Å². The van der Waals surface area contributed by atoms with Crippen molar-refractivity contribution in [2.45, 2.75) is 32.6 Å². The molecule has 2 saturated heterocycles. The first-order valence-electron chi connectivity index (χ1n) is 10.0. The zero-order valence-electron chi connectivity index (χ0n) is 17.0. The minimum atomic E-state index is -0.442. The van der Waals surface area contributed by atoms with E-state index in [2.05, 4.69) is 5.32 Å². The second-order valence-electron chi connectivity index (χ2n) is 7.22. The Labute approximate surface area is 175 Å².